The van der Waals surface area contributed by atoms with E-state index in [-0.39, 0.29) is 18.6 Å². The van der Waals surface area contributed by atoms with E-state index in [0.29, 0.717) is 18.0 Å². The van der Waals surface area contributed by atoms with Crippen LogP contribution in [0.2, 0.25) is 0 Å². The molecule has 3 aliphatic rings. The van der Waals surface area contributed by atoms with Crippen LogP contribution in [0.1, 0.15) is 64.1 Å². The molecule has 2 aliphatic carbocycles. The van der Waals surface area contributed by atoms with Crippen molar-refractivity contribution in [1.82, 2.24) is 19.8 Å². The average Bonchev–Trinajstić information content (AvgIpc) is 3.18. The van der Waals surface area contributed by atoms with Crippen LogP contribution in [-0.2, 0) is 22.6 Å². The molecule has 1 spiro atoms. The highest BCUT2D eigenvalue weighted by Gasteiger charge is 2.57. The number of imidazole rings is 1. The highest BCUT2D eigenvalue weighted by molar-refractivity contribution is 5.78. The Morgan fingerprint density at radius 3 is 2.85 bits per heavy atom. The summed E-state index contributed by atoms with van der Waals surface area (Å²) in [5.41, 5.74) is 0.329. The molecule has 3 fully saturated rings. The molecule has 1 aromatic rings. The van der Waals surface area contributed by atoms with Crippen molar-refractivity contribution in [2.45, 2.75) is 83.5 Å². The first-order valence-electron chi connectivity index (χ1n) is 10.8. The number of aromatic nitrogens is 2. The second-order valence-corrected chi connectivity index (χ2v) is 8.55. The summed E-state index contributed by atoms with van der Waals surface area (Å²) in [7, 11) is 0. The summed E-state index contributed by atoms with van der Waals surface area (Å²) in [5.74, 6) is 1.13. The number of carbonyl (C=O) groups is 1. The largest absolute Gasteiger partial charge is 0.368 e. The first-order chi connectivity index (χ1) is 13.2. The van der Waals surface area contributed by atoms with Gasteiger partial charge in [0.05, 0.1) is 12.6 Å². The van der Waals surface area contributed by atoms with E-state index in [0.717, 1.165) is 44.7 Å². The standard InChI is InChI=1S/C21H34N4O2/c1-2-24-13-12-23-19(24)15-25(18-14-21(18)8-10-22-11-9-21)20(26)16-27-17-6-4-3-5-7-17/h12-13,17-18,22H,2-11,14-16H2,1H3/t18-/m0/s1. The van der Waals surface area contributed by atoms with Gasteiger partial charge in [-0.1, -0.05) is 19.3 Å². The van der Waals surface area contributed by atoms with Crippen LogP contribution in [0, 0.1) is 5.41 Å². The molecule has 4 rings (SSSR count). The predicted octanol–water partition coefficient (Wildman–Crippen LogP) is 2.72. The summed E-state index contributed by atoms with van der Waals surface area (Å²) in [6, 6.07) is 0.351. The number of nitrogens with one attached hydrogen (secondary N) is 1. The molecular formula is C21H34N4O2. The van der Waals surface area contributed by atoms with Crippen LogP contribution in [0.3, 0.4) is 0 Å². The van der Waals surface area contributed by atoms with Gasteiger partial charge in [0.25, 0.3) is 0 Å². The van der Waals surface area contributed by atoms with Crippen LogP contribution in [0.25, 0.3) is 0 Å². The lowest BCUT2D eigenvalue weighted by Crippen LogP contribution is -2.41. The number of piperidine rings is 1. The molecule has 27 heavy (non-hydrogen) atoms. The molecule has 0 unspecified atom stereocenters. The first-order valence-corrected chi connectivity index (χ1v) is 10.8. The number of hydrogen-bond donors (Lipinski definition) is 1. The minimum absolute atomic E-state index is 0.145. The molecule has 0 aromatic carbocycles. The Hall–Kier alpha value is -1.40. The van der Waals surface area contributed by atoms with Crippen LogP contribution >= 0.6 is 0 Å². The van der Waals surface area contributed by atoms with Crippen LogP contribution in [0.5, 0.6) is 0 Å². The van der Waals surface area contributed by atoms with E-state index in [1.165, 1.54) is 32.1 Å². The lowest BCUT2D eigenvalue weighted by Gasteiger charge is -2.30. The molecule has 6 nitrogen and oxygen atoms in total. The van der Waals surface area contributed by atoms with Gasteiger partial charge in [0.15, 0.2) is 0 Å². The van der Waals surface area contributed by atoms with Gasteiger partial charge < -0.3 is 19.5 Å². The third kappa shape index (κ3) is 4.21. The third-order valence-electron chi connectivity index (χ3n) is 6.89. The Morgan fingerprint density at radius 2 is 2.11 bits per heavy atom. The maximum absolute atomic E-state index is 13.2. The molecule has 1 saturated heterocycles. The molecule has 0 radical (unpaired) electrons. The van der Waals surface area contributed by atoms with E-state index < -0.39 is 0 Å². The minimum Gasteiger partial charge on any atom is -0.368 e. The van der Waals surface area contributed by atoms with E-state index in [2.05, 4.69) is 26.7 Å². The van der Waals surface area contributed by atoms with Crippen molar-refractivity contribution < 1.29 is 9.53 Å². The predicted molar refractivity (Wildman–Crippen MR) is 104 cm³/mol. The maximum atomic E-state index is 13.2. The van der Waals surface area contributed by atoms with Gasteiger partial charge in [0, 0.05) is 25.0 Å². The van der Waals surface area contributed by atoms with Crippen molar-refractivity contribution in [2.75, 3.05) is 19.7 Å². The van der Waals surface area contributed by atoms with Crippen molar-refractivity contribution in [3.05, 3.63) is 18.2 Å². The van der Waals surface area contributed by atoms with Gasteiger partial charge in [0.1, 0.15) is 12.4 Å². The lowest BCUT2D eigenvalue weighted by molar-refractivity contribution is -0.141. The van der Waals surface area contributed by atoms with Gasteiger partial charge >= 0.3 is 0 Å². The lowest BCUT2D eigenvalue weighted by atomic mass is 9.93. The fourth-order valence-electron chi connectivity index (χ4n) is 5.04. The molecule has 1 aliphatic heterocycles. The number of nitrogens with zero attached hydrogens (tertiary/aromatic N) is 3. The highest BCUT2D eigenvalue weighted by atomic mass is 16.5. The Balaban J connectivity index is 1.43. The quantitative estimate of drug-likeness (QED) is 0.797. The number of aryl methyl sites for hydroxylation is 1. The molecule has 1 amide bonds. The fourth-order valence-corrected chi connectivity index (χ4v) is 5.04. The Labute approximate surface area is 162 Å². The van der Waals surface area contributed by atoms with E-state index in [1.54, 1.807) is 0 Å². The zero-order valence-electron chi connectivity index (χ0n) is 16.7. The summed E-state index contributed by atoms with van der Waals surface area (Å²) in [6.45, 7) is 5.97. The topological polar surface area (TPSA) is 59.4 Å². The van der Waals surface area contributed by atoms with E-state index in [4.69, 9.17) is 4.74 Å². The normalized spacial score (nSPS) is 24.9. The van der Waals surface area contributed by atoms with Crippen molar-refractivity contribution in [3.63, 3.8) is 0 Å². The average molecular weight is 375 g/mol. The van der Waals surface area contributed by atoms with Crippen LogP contribution in [0.4, 0.5) is 0 Å². The number of hydrogen-bond acceptors (Lipinski definition) is 4. The first kappa shape index (κ1) is 18.9. The molecule has 2 heterocycles. The molecule has 1 atom stereocenters. The third-order valence-corrected chi connectivity index (χ3v) is 6.89. The van der Waals surface area contributed by atoms with E-state index in [1.807, 2.05) is 12.4 Å². The van der Waals surface area contributed by atoms with Gasteiger partial charge in [-0.25, -0.2) is 4.98 Å². The molecule has 6 heteroatoms. The monoisotopic (exact) mass is 374 g/mol. The van der Waals surface area contributed by atoms with Crippen molar-refractivity contribution in [3.8, 4) is 0 Å². The second-order valence-electron chi connectivity index (χ2n) is 8.55. The molecule has 150 valence electrons. The SMILES string of the molecule is CCn1ccnc1CN(C(=O)COC1CCCCC1)[C@H]1CC12CCNCC2. The fraction of sp³-hybridized carbons (Fsp3) is 0.810. The minimum atomic E-state index is 0.145. The van der Waals surface area contributed by atoms with Gasteiger partial charge in [0.2, 0.25) is 5.91 Å². The van der Waals surface area contributed by atoms with E-state index in [9.17, 15) is 4.79 Å². The van der Waals surface area contributed by atoms with Crippen molar-refractivity contribution in [2.24, 2.45) is 5.41 Å². The van der Waals surface area contributed by atoms with Crippen molar-refractivity contribution in [1.29, 1.82) is 0 Å². The smallest absolute Gasteiger partial charge is 0.249 e. The van der Waals surface area contributed by atoms with Gasteiger partial charge in [-0.15, -0.1) is 0 Å². The zero-order chi connectivity index (χ0) is 18.7. The van der Waals surface area contributed by atoms with Gasteiger partial charge in [-0.05, 0) is 57.5 Å². The van der Waals surface area contributed by atoms with Crippen LogP contribution < -0.4 is 5.32 Å². The molecule has 1 aromatic heterocycles. The van der Waals surface area contributed by atoms with Crippen LogP contribution in [-0.4, -0.2) is 52.2 Å². The summed E-state index contributed by atoms with van der Waals surface area (Å²) in [6.07, 6.45) is 13.6. The summed E-state index contributed by atoms with van der Waals surface area (Å²) < 4.78 is 8.16. The summed E-state index contributed by atoms with van der Waals surface area (Å²) >= 11 is 0. The number of rotatable bonds is 7. The number of amides is 1. The molecule has 2 saturated carbocycles. The molecular weight excluding hydrogens is 340 g/mol. The molecule has 1 N–H and O–H groups in total. The van der Waals surface area contributed by atoms with E-state index >= 15 is 0 Å². The maximum Gasteiger partial charge on any atom is 0.249 e. The van der Waals surface area contributed by atoms with Gasteiger partial charge in [-0.3, -0.25) is 4.79 Å². The Kier molecular flexibility index (Phi) is 5.83. The zero-order valence-corrected chi connectivity index (χ0v) is 16.7. The van der Waals surface area contributed by atoms with Crippen LogP contribution in [0.15, 0.2) is 12.4 Å². The summed E-state index contributed by atoms with van der Waals surface area (Å²) in [5, 5.41) is 3.46. The summed E-state index contributed by atoms with van der Waals surface area (Å²) in [4.78, 5) is 19.8. The molecule has 0 bridgehead atoms. The van der Waals surface area contributed by atoms with Gasteiger partial charge in [-0.2, -0.15) is 0 Å². The Morgan fingerprint density at radius 1 is 1.33 bits per heavy atom. The Bertz CT molecular complexity index is 632. The highest BCUT2D eigenvalue weighted by Crippen LogP contribution is 2.56. The van der Waals surface area contributed by atoms with Crippen molar-refractivity contribution >= 4 is 5.91 Å². The number of ether oxygens (including phenoxy) is 1. The number of carbonyl (C=O) groups excluding carboxylic acids is 1. The second kappa shape index (κ2) is 8.31.